The number of nitrogens with zero attached hydrogens (tertiary/aromatic N) is 5. The molecule has 0 spiro atoms. The number of ether oxygens (including phenoxy) is 1. The van der Waals surface area contributed by atoms with Crippen LogP contribution in [0.3, 0.4) is 0 Å². The number of hydrogen-bond acceptors (Lipinski definition) is 6. The molecule has 2 fully saturated rings. The van der Waals surface area contributed by atoms with Crippen molar-refractivity contribution in [3.63, 3.8) is 0 Å². The maximum absolute atomic E-state index is 13.7. The Hall–Kier alpha value is -4.27. The van der Waals surface area contributed by atoms with E-state index in [0.717, 1.165) is 59.2 Å². The highest BCUT2D eigenvalue weighted by atomic mass is 16.6. The van der Waals surface area contributed by atoms with Gasteiger partial charge in [-0.15, -0.1) is 0 Å². The van der Waals surface area contributed by atoms with Crippen molar-refractivity contribution in [1.82, 2.24) is 29.7 Å². The first kappa shape index (κ1) is 27.3. The number of nitrogens with one attached hydrogen (secondary N) is 1. The highest BCUT2D eigenvalue weighted by Gasteiger charge is 2.47. The third kappa shape index (κ3) is 4.15. The van der Waals surface area contributed by atoms with Crippen molar-refractivity contribution < 1.29 is 14.3 Å². The first-order valence-corrected chi connectivity index (χ1v) is 15.8. The predicted molar refractivity (Wildman–Crippen MR) is 166 cm³/mol. The molecule has 9 heteroatoms. The summed E-state index contributed by atoms with van der Waals surface area (Å²) in [6.07, 6.45) is 7.81. The Kier molecular flexibility index (Phi) is 5.81. The van der Waals surface area contributed by atoms with Crippen molar-refractivity contribution in [3.05, 3.63) is 77.1 Å². The van der Waals surface area contributed by atoms with E-state index in [1.165, 1.54) is 17.5 Å². The molecule has 2 aliphatic carbocycles. The summed E-state index contributed by atoms with van der Waals surface area (Å²) in [6.45, 7) is 7.87. The van der Waals surface area contributed by atoms with Crippen LogP contribution >= 0.6 is 0 Å². The molecule has 2 aromatic carbocycles. The number of amides is 2. The van der Waals surface area contributed by atoms with Gasteiger partial charge in [-0.25, -0.2) is 19.7 Å². The molecule has 4 aliphatic rings. The minimum atomic E-state index is -0.597. The molecule has 9 nitrogen and oxygen atoms in total. The van der Waals surface area contributed by atoms with Gasteiger partial charge in [0.2, 0.25) is 0 Å². The fourth-order valence-corrected chi connectivity index (χ4v) is 7.56. The average Bonchev–Trinajstić information content (AvgIpc) is 3.45. The molecule has 226 valence electrons. The molecule has 8 rings (SSSR count). The van der Waals surface area contributed by atoms with Gasteiger partial charge in [-0.2, -0.15) is 0 Å². The second-order valence-corrected chi connectivity index (χ2v) is 14.2. The van der Waals surface area contributed by atoms with Crippen LogP contribution in [0.1, 0.15) is 111 Å². The van der Waals surface area contributed by atoms with Gasteiger partial charge >= 0.3 is 6.09 Å². The third-order valence-electron chi connectivity index (χ3n) is 10.1. The number of rotatable bonds is 4. The summed E-state index contributed by atoms with van der Waals surface area (Å²) in [4.78, 5) is 42.7. The molecular formula is C35H38N6O3. The molecule has 2 amide bonds. The first-order chi connectivity index (χ1) is 21.0. The number of fused-ring (bicyclic) bond motifs is 9. The van der Waals surface area contributed by atoms with Crippen LogP contribution in [0.2, 0.25) is 0 Å². The van der Waals surface area contributed by atoms with E-state index in [4.69, 9.17) is 19.7 Å². The van der Waals surface area contributed by atoms with Crippen LogP contribution in [0.5, 0.6) is 0 Å². The molecule has 2 aromatic heterocycles. The predicted octanol–water partition coefficient (Wildman–Crippen LogP) is 6.64. The van der Waals surface area contributed by atoms with Crippen molar-refractivity contribution in [2.75, 3.05) is 7.05 Å². The second-order valence-electron chi connectivity index (χ2n) is 14.2. The third-order valence-corrected chi connectivity index (χ3v) is 10.1. The van der Waals surface area contributed by atoms with Crippen molar-refractivity contribution in [1.29, 1.82) is 0 Å². The normalized spacial score (nSPS) is 24.8. The topological polar surface area (TPSA) is 102 Å². The maximum Gasteiger partial charge on any atom is 0.408 e. The Bertz CT molecular complexity index is 1830. The van der Waals surface area contributed by atoms with Crippen molar-refractivity contribution >= 4 is 23.0 Å². The quantitative estimate of drug-likeness (QED) is 0.286. The molecule has 4 aromatic rings. The van der Waals surface area contributed by atoms with E-state index in [1.807, 2.05) is 51.2 Å². The molecule has 1 N–H and O–H groups in total. The lowest BCUT2D eigenvalue weighted by Crippen LogP contribution is -2.53. The van der Waals surface area contributed by atoms with E-state index in [2.05, 4.69) is 47.1 Å². The van der Waals surface area contributed by atoms with Gasteiger partial charge in [-0.05, 0) is 93.2 Å². The Morgan fingerprint density at radius 1 is 1.05 bits per heavy atom. The zero-order chi connectivity index (χ0) is 30.5. The van der Waals surface area contributed by atoms with Crippen molar-refractivity contribution in [2.24, 2.45) is 5.92 Å². The molecular weight excluding hydrogens is 552 g/mol. The lowest BCUT2D eigenvalue weighted by molar-refractivity contribution is 0.0364. The number of imidazole rings is 1. The number of carbonyl (C=O) groups excluding carboxylic acids is 2. The monoisotopic (exact) mass is 590 g/mol. The van der Waals surface area contributed by atoms with Crippen LogP contribution < -0.4 is 5.32 Å². The average molecular weight is 591 g/mol. The standard InChI is InChI=1S/C35H38N6O3/c1-19-14-24(19)22-8-6-9-23-29(22)27-16-28(40(5)31(23)42)30-38-25-11-10-20(15-26(25)41(27)30)21-17-36-32(37-18-21)35(12-7-13-35)39-33(43)44-34(2,3)4/h6,8-11,15,17-19,24,27-28H,7,12-14,16H2,1-5H3,(H,39,43)/t19-,24+,27+,28+/m0/s1. The van der Waals surface area contributed by atoms with Crippen LogP contribution in [0.4, 0.5) is 4.79 Å². The lowest BCUT2D eigenvalue weighted by Gasteiger charge is -2.41. The van der Waals surface area contributed by atoms with Gasteiger partial charge in [0, 0.05) is 37.0 Å². The second kappa shape index (κ2) is 9.36. The molecule has 2 saturated carbocycles. The molecule has 0 unspecified atom stereocenters. The van der Waals surface area contributed by atoms with E-state index >= 15 is 0 Å². The first-order valence-electron chi connectivity index (χ1n) is 15.8. The molecule has 0 saturated heterocycles. The summed E-state index contributed by atoms with van der Waals surface area (Å²) in [7, 11) is 1.91. The number of aromatic nitrogens is 4. The minimum absolute atomic E-state index is 0.0548. The zero-order valence-electron chi connectivity index (χ0n) is 25.9. The maximum atomic E-state index is 13.7. The summed E-state index contributed by atoms with van der Waals surface area (Å²) in [6, 6.07) is 12.6. The van der Waals surface area contributed by atoms with Crippen LogP contribution in [-0.2, 0) is 10.3 Å². The Labute approximate surface area is 257 Å². The van der Waals surface area contributed by atoms with E-state index < -0.39 is 17.2 Å². The number of alkyl carbamates (subject to hydrolysis) is 1. The van der Waals surface area contributed by atoms with Gasteiger partial charge < -0.3 is 19.5 Å². The van der Waals surface area contributed by atoms with Gasteiger partial charge in [0.25, 0.3) is 5.91 Å². The van der Waals surface area contributed by atoms with Crippen LogP contribution in [0.25, 0.3) is 22.2 Å². The minimum Gasteiger partial charge on any atom is -0.444 e. The lowest BCUT2D eigenvalue weighted by atomic mass is 9.76. The fraction of sp³-hybridized carbons (Fsp3) is 0.457. The summed E-state index contributed by atoms with van der Waals surface area (Å²) in [5, 5.41) is 3.05. The molecule has 4 atom stereocenters. The van der Waals surface area contributed by atoms with Crippen molar-refractivity contribution in [2.45, 2.75) is 88.9 Å². The van der Waals surface area contributed by atoms with Gasteiger partial charge in [0.1, 0.15) is 17.0 Å². The van der Waals surface area contributed by atoms with Gasteiger partial charge in [0.05, 0.1) is 23.1 Å². The number of hydrogen-bond donors (Lipinski definition) is 1. The largest absolute Gasteiger partial charge is 0.444 e. The van der Waals surface area contributed by atoms with E-state index in [0.29, 0.717) is 17.7 Å². The number of carbonyl (C=O) groups is 2. The highest BCUT2D eigenvalue weighted by molar-refractivity contribution is 5.97. The molecule has 4 heterocycles. The van der Waals surface area contributed by atoms with Crippen LogP contribution in [0, 0.1) is 5.92 Å². The Morgan fingerprint density at radius 2 is 1.80 bits per heavy atom. The molecule has 2 bridgehead atoms. The smallest absolute Gasteiger partial charge is 0.408 e. The zero-order valence-corrected chi connectivity index (χ0v) is 25.9. The molecule has 0 radical (unpaired) electrons. The summed E-state index contributed by atoms with van der Waals surface area (Å²) < 4.78 is 7.90. The van der Waals surface area contributed by atoms with Gasteiger partial charge in [-0.1, -0.05) is 25.1 Å². The SMILES string of the molecule is C[C@H]1C[C@H]1c1cccc2c1[C@H]1C[C@H](c3nc4ccc(-c5cnc(C6(NC(=O)OC(C)(C)C)CCC6)nc5)cc4n31)N(C)C2=O. The van der Waals surface area contributed by atoms with Gasteiger partial charge in [0.15, 0.2) is 5.82 Å². The number of benzene rings is 2. The molecule has 44 heavy (non-hydrogen) atoms. The Morgan fingerprint density at radius 3 is 2.45 bits per heavy atom. The fourth-order valence-electron chi connectivity index (χ4n) is 7.56. The Balaban J connectivity index is 1.16. The van der Waals surface area contributed by atoms with E-state index in [1.54, 1.807) is 0 Å². The van der Waals surface area contributed by atoms with Crippen molar-refractivity contribution in [3.8, 4) is 11.1 Å². The summed E-state index contributed by atoms with van der Waals surface area (Å²) in [5.41, 5.74) is 6.04. The van der Waals surface area contributed by atoms with Gasteiger partial charge in [-0.3, -0.25) is 4.79 Å². The highest BCUT2D eigenvalue weighted by Crippen LogP contribution is 2.54. The van der Waals surface area contributed by atoms with E-state index in [-0.39, 0.29) is 18.0 Å². The molecule has 2 aliphatic heterocycles. The van der Waals surface area contributed by atoms with Crippen LogP contribution in [-0.4, -0.2) is 49.1 Å². The summed E-state index contributed by atoms with van der Waals surface area (Å²) in [5.74, 6) is 2.80. The summed E-state index contributed by atoms with van der Waals surface area (Å²) >= 11 is 0. The van der Waals surface area contributed by atoms with Crippen LogP contribution in [0.15, 0.2) is 48.8 Å². The van der Waals surface area contributed by atoms with E-state index in [9.17, 15) is 9.59 Å².